The molecule has 0 atom stereocenters. The van der Waals surface area contributed by atoms with Gasteiger partial charge in [-0.1, -0.05) is 28.1 Å². The molecule has 7 heteroatoms. The molecule has 0 fully saturated rings. The summed E-state index contributed by atoms with van der Waals surface area (Å²) in [6, 6.07) is 15.6. The number of nitrogens with two attached hydrogens (primary N) is 1. The summed E-state index contributed by atoms with van der Waals surface area (Å²) in [5.74, 6) is 0.875. The molecule has 3 aromatic rings. The molecule has 3 N–H and O–H groups in total. The quantitative estimate of drug-likeness (QED) is 0.206. The summed E-state index contributed by atoms with van der Waals surface area (Å²) in [4.78, 5) is 15.2. The molecule has 27 heavy (non-hydrogen) atoms. The number of halogens is 1. The molecule has 0 saturated heterocycles. The van der Waals surface area contributed by atoms with Gasteiger partial charge >= 0.3 is 0 Å². The zero-order chi connectivity index (χ0) is 19.4. The lowest BCUT2D eigenvalue weighted by Gasteiger charge is -2.19. The highest BCUT2D eigenvalue weighted by molar-refractivity contribution is 9.10. The number of amidine groups is 1. The van der Waals surface area contributed by atoms with Crippen molar-refractivity contribution in [1.82, 2.24) is 0 Å². The Labute approximate surface area is 175 Å². The number of carbonyl (C=O) groups excluding carboxylic acids is 1. The molecule has 0 aliphatic heterocycles. The van der Waals surface area contributed by atoms with Crippen LogP contribution in [0.5, 0.6) is 0 Å². The van der Waals surface area contributed by atoms with E-state index in [2.05, 4.69) is 28.9 Å². The molecule has 0 bridgehead atoms. The van der Waals surface area contributed by atoms with Crippen LogP contribution in [0, 0.1) is 12.3 Å². The average Bonchev–Trinajstić information content (AvgIpc) is 3.12. The third-order valence-corrected chi connectivity index (χ3v) is 6.67. The second kappa shape index (κ2) is 8.73. The van der Waals surface area contributed by atoms with E-state index >= 15 is 0 Å². The Morgan fingerprint density at radius 2 is 2.04 bits per heavy atom. The topological polar surface area (TPSA) is 70.2 Å². The zero-order valence-corrected chi connectivity index (χ0v) is 17.8. The fourth-order valence-corrected chi connectivity index (χ4v) is 4.90. The summed E-state index contributed by atoms with van der Waals surface area (Å²) >= 11 is 6.63. The third-order valence-electron chi connectivity index (χ3n) is 4.04. The van der Waals surface area contributed by atoms with Gasteiger partial charge in [0, 0.05) is 31.9 Å². The first-order valence-electron chi connectivity index (χ1n) is 8.13. The van der Waals surface area contributed by atoms with Gasteiger partial charge < -0.3 is 5.73 Å². The van der Waals surface area contributed by atoms with Gasteiger partial charge in [0.1, 0.15) is 5.84 Å². The predicted octanol–water partition coefficient (Wildman–Crippen LogP) is 5.69. The lowest BCUT2D eigenvalue weighted by atomic mass is 10.1. The van der Waals surface area contributed by atoms with Crippen molar-refractivity contribution in [3.63, 3.8) is 0 Å². The van der Waals surface area contributed by atoms with Crippen molar-refractivity contribution in [2.45, 2.75) is 17.6 Å². The number of amides is 1. The number of aryl methyl sites for hydroxylation is 1. The minimum absolute atomic E-state index is 0.0978. The first-order chi connectivity index (χ1) is 13.0. The number of nitrogen functional groups attached to an aromatic ring is 1. The van der Waals surface area contributed by atoms with Gasteiger partial charge in [0.25, 0.3) is 0 Å². The van der Waals surface area contributed by atoms with Gasteiger partial charge in [-0.3, -0.25) is 15.1 Å². The van der Waals surface area contributed by atoms with Gasteiger partial charge in [0.15, 0.2) is 0 Å². The Kier molecular flexibility index (Phi) is 6.36. The average molecular weight is 460 g/mol. The normalized spacial score (nSPS) is 10.6. The Hall–Kier alpha value is -2.09. The van der Waals surface area contributed by atoms with Gasteiger partial charge in [0.2, 0.25) is 6.41 Å². The lowest BCUT2D eigenvalue weighted by Crippen LogP contribution is -2.14. The monoisotopic (exact) mass is 459 g/mol. The number of nitrogens with zero attached hydrogens (tertiary/aromatic N) is 1. The van der Waals surface area contributed by atoms with Crippen LogP contribution in [0.3, 0.4) is 0 Å². The van der Waals surface area contributed by atoms with Crippen molar-refractivity contribution in [1.29, 1.82) is 5.41 Å². The van der Waals surface area contributed by atoms with E-state index in [1.807, 2.05) is 47.8 Å². The van der Waals surface area contributed by atoms with Gasteiger partial charge in [0.05, 0.1) is 4.88 Å². The van der Waals surface area contributed by atoms with Crippen molar-refractivity contribution < 1.29 is 4.79 Å². The maximum Gasteiger partial charge on any atom is 0.218 e. The third kappa shape index (κ3) is 4.80. The number of rotatable bonds is 7. The first-order valence-corrected chi connectivity index (χ1v) is 10.8. The molecule has 3 rings (SSSR count). The number of thioether (sulfide) groups is 1. The Bertz CT molecular complexity index is 987. The zero-order valence-electron chi connectivity index (χ0n) is 14.6. The van der Waals surface area contributed by atoms with Crippen LogP contribution < -0.4 is 10.6 Å². The summed E-state index contributed by atoms with van der Waals surface area (Å²) in [5.41, 5.74) is 9.52. The minimum Gasteiger partial charge on any atom is -0.383 e. The number of thiophene rings is 1. The Morgan fingerprint density at radius 1 is 1.26 bits per heavy atom. The van der Waals surface area contributed by atoms with Crippen LogP contribution in [-0.2, 0) is 10.5 Å². The maximum absolute atomic E-state index is 11.7. The molecule has 0 saturated carbocycles. The largest absolute Gasteiger partial charge is 0.383 e. The molecule has 0 aliphatic rings. The number of benzene rings is 2. The molecule has 0 unspecified atom stereocenters. The highest BCUT2D eigenvalue weighted by Crippen LogP contribution is 2.32. The maximum atomic E-state index is 11.7. The second-order valence-electron chi connectivity index (χ2n) is 5.92. The van der Waals surface area contributed by atoms with Crippen LogP contribution in [0.4, 0.5) is 11.4 Å². The Morgan fingerprint density at radius 3 is 2.70 bits per heavy atom. The highest BCUT2D eigenvalue weighted by atomic mass is 79.9. The summed E-state index contributed by atoms with van der Waals surface area (Å²) in [6.07, 6.45) is 0.835. The van der Waals surface area contributed by atoms with Gasteiger partial charge in [-0.05, 0) is 54.4 Å². The minimum atomic E-state index is 0.0978. The van der Waals surface area contributed by atoms with Crippen molar-refractivity contribution in [3.8, 4) is 0 Å². The van der Waals surface area contributed by atoms with Crippen LogP contribution in [0.1, 0.15) is 16.0 Å². The molecule has 0 aliphatic carbocycles. The van der Waals surface area contributed by atoms with Crippen molar-refractivity contribution in [3.05, 3.63) is 74.4 Å². The molecule has 0 radical (unpaired) electrons. The summed E-state index contributed by atoms with van der Waals surface area (Å²) in [6.45, 7) is 2.07. The van der Waals surface area contributed by atoms with E-state index in [1.54, 1.807) is 16.7 Å². The summed E-state index contributed by atoms with van der Waals surface area (Å²) in [5, 5.41) is 9.52. The fraction of sp³-hybridized carbons (Fsp3) is 0.100. The SMILES string of the molecule is Cc1ccc(N(C=O)c2cccc(Br)c2)cc1CSc1csc(C(=N)N)c1. The molecule has 0 spiro atoms. The van der Waals surface area contributed by atoms with Crippen LogP contribution >= 0.6 is 39.0 Å². The molecule has 138 valence electrons. The number of anilines is 2. The van der Waals surface area contributed by atoms with Crippen LogP contribution in [0.15, 0.2) is 63.3 Å². The second-order valence-corrected chi connectivity index (χ2v) is 8.79. The van der Waals surface area contributed by atoms with E-state index in [0.717, 1.165) is 43.3 Å². The van der Waals surface area contributed by atoms with Gasteiger partial charge in [-0.2, -0.15) is 0 Å². The number of nitrogens with one attached hydrogen (secondary N) is 1. The lowest BCUT2D eigenvalue weighted by molar-refractivity contribution is -0.106. The van der Waals surface area contributed by atoms with Gasteiger partial charge in [-0.25, -0.2) is 0 Å². The first kappa shape index (κ1) is 19.7. The molecule has 2 aromatic carbocycles. The summed E-state index contributed by atoms with van der Waals surface area (Å²) < 4.78 is 0.925. The highest BCUT2D eigenvalue weighted by Gasteiger charge is 2.11. The van der Waals surface area contributed by atoms with Gasteiger partial charge in [-0.15, -0.1) is 23.1 Å². The number of carbonyl (C=O) groups is 1. The van der Waals surface area contributed by atoms with E-state index in [-0.39, 0.29) is 5.84 Å². The molecular formula is C20H18BrN3OS2. The molecule has 1 amide bonds. The molecule has 1 aromatic heterocycles. The molecular weight excluding hydrogens is 442 g/mol. The van der Waals surface area contributed by atoms with E-state index in [4.69, 9.17) is 11.1 Å². The van der Waals surface area contributed by atoms with Crippen molar-refractivity contribution in [2.75, 3.05) is 4.90 Å². The van der Waals surface area contributed by atoms with Crippen LogP contribution in [0.2, 0.25) is 0 Å². The fourth-order valence-electron chi connectivity index (χ4n) is 2.56. The molecule has 1 heterocycles. The van der Waals surface area contributed by atoms with Crippen molar-refractivity contribution in [2.24, 2.45) is 5.73 Å². The van der Waals surface area contributed by atoms with Crippen LogP contribution in [-0.4, -0.2) is 12.2 Å². The predicted molar refractivity (Wildman–Crippen MR) is 118 cm³/mol. The van der Waals surface area contributed by atoms with Crippen molar-refractivity contribution >= 4 is 62.6 Å². The number of hydrogen-bond acceptors (Lipinski definition) is 4. The van der Waals surface area contributed by atoms with E-state index in [1.165, 1.54) is 16.9 Å². The van der Waals surface area contributed by atoms with E-state index < -0.39 is 0 Å². The Balaban J connectivity index is 1.82. The molecule has 4 nitrogen and oxygen atoms in total. The number of hydrogen-bond donors (Lipinski definition) is 2. The smallest absolute Gasteiger partial charge is 0.218 e. The summed E-state index contributed by atoms with van der Waals surface area (Å²) in [7, 11) is 0. The van der Waals surface area contributed by atoms with Crippen LogP contribution in [0.25, 0.3) is 0 Å². The standard InChI is InChI=1S/C20H18BrN3OS2/c1-13-5-6-17(24(12-25)16-4-2-3-15(21)8-16)7-14(13)10-26-18-9-19(20(22)23)27-11-18/h2-9,11-12H,10H2,1H3,(H3,22,23). The van der Waals surface area contributed by atoms with E-state index in [9.17, 15) is 4.79 Å². The van der Waals surface area contributed by atoms with E-state index in [0.29, 0.717) is 0 Å².